The molecule has 2 aromatic rings. The molecular formula is C17H20N4O4. The maximum Gasteiger partial charge on any atom is 0.275 e. The Morgan fingerprint density at radius 1 is 1.32 bits per heavy atom. The molecule has 1 aliphatic rings. The van der Waals surface area contributed by atoms with Gasteiger partial charge in [0.2, 0.25) is 11.8 Å². The van der Waals surface area contributed by atoms with E-state index in [4.69, 9.17) is 5.73 Å². The molecule has 1 unspecified atom stereocenters. The third-order valence-electron chi connectivity index (χ3n) is 4.49. The summed E-state index contributed by atoms with van der Waals surface area (Å²) in [6.45, 7) is 2.55. The van der Waals surface area contributed by atoms with Crippen molar-refractivity contribution in [3.63, 3.8) is 0 Å². The van der Waals surface area contributed by atoms with Gasteiger partial charge >= 0.3 is 0 Å². The lowest BCUT2D eigenvalue weighted by atomic mass is 10.1. The lowest BCUT2D eigenvalue weighted by molar-refractivity contribution is -0.136. The molecular weight excluding hydrogens is 324 g/mol. The number of nitrogens with one attached hydrogen (secondary N) is 1. The fourth-order valence-electron chi connectivity index (χ4n) is 3.19. The molecule has 1 fully saturated rings. The van der Waals surface area contributed by atoms with E-state index in [1.165, 1.54) is 10.7 Å². The van der Waals surface area contributed by atoms with Crippen LogP contribution in [0, 0.1) is 0 Å². The van der Waals surface area contributed by atoms with Crippen LogP contribution in [0.25, 0.3) is 10.9 Å². The summed E-state index contributed by atoms with van der Waals surface area (Å²) in [7, 11) is 0. The highest BCUT2D eigenvalue weighted by Gasteiger charge is 2.32. The van der Waals surface area contributed by atoms with E-state index in [-0.39, 0.29) is 24.3 Å². The average Bonchev–Trinajstić information content (AvgIpc) is 2.85. The summed E-state index contributed by atoms with van der Waals surface area (Å²) in [6.07, 6.45) is 2.16. The van der Waals surface area contributed by atoms with Crippen molar-refractivity contribution in [3.05, 3.63) is 34.1 Å². The Hall–Kier alpha value is -2.90. The molecule has 1 aromatic heterocycles. The molecule has 1 atom stereocenters. The van der Waals surface area contributed by atoms with E-state index in [9.17, 15) is 19.2 Å². The van der Waals surface area contributed by atoms with Gasteiger partial charge in [-0.3, -0.25) is 29.2 Å². The van der Waals surface area contributed by atoms with Gasteiger partial charge in [0.05, 0.1) is 10.9 Å². The molecule has 8 heteroatoms. The molecule has 0 radical (unpaired) electrons. The topological polar surface area (TPSA) is 116 Å². The number of aromatic nitrogens is 2. The lowest BCUT2D eigenvalue weighted by Gasteiger charge is -2.24. The van der Waals surface area contributed by atoms with E-state index in [0.29, 0.717) is 23.0 Å². The molecule has 3 amide bonds. The number of carbonyl (C=O) groups excluding carboxylic acids is 3. The fourth-order valence-corrected chi connectivity index (χ4v) is 3.19. The standard InChI is InChI=1S/C17H20N4O4/c1-2-3-8-20-13-9-10(15(18)23)4-5-11(13)17(25)21(20)12-6-7-14(22)19-16(12)24/h4-5,9,12H,2-3,6-8H2,1H3,(H2,18,23)(H,19,22,24). The van der Waals surface area contributed by atoms with E-state index in [2.05, 4.69) is 5.32 Å². The zero-order valence-electron chi connectivity index (χ0n) is 13.9. The normalized spacial score (nSPS) is 17.7. The molecule has 25 heavy (non-hydrogen) atoms. The van der Waals surface area contributed by atoms with Gasteiger partial charge in [-0.05, 0) is 31.0 Å². The first kappa shape index (κ1) is 16.9. The fraction of sp³-hybridized carbons (Fsp3) is 0.412. The van der Waals surface area contributed by atoms with Crippen LogP contribution in [0.4, 0.5) is 0 Å². The number of unbranched alkanes of at least 4 members (excludes halogenated alkanes) is 1. The summed E-state index contributed by atoms with van der Waals surface area (Å²) < 4.78 is 3.14. The number of rotatable bonds is 5. The number of primary amides is 1. The molecule has 2 heterocycles. The largest absolute Gasteiger partial charge is 0.366 e. The Bertz CT molecular complexity index is 925. The summed E-state index contributed by atoms with van der Waals surface area (Å²) in [5.74, 6) is -1.39. The second-order valence-electron chi connectivity index (χ2n) is 6.19. The van der Waals surface area contributed by atoms with E-state index >= 15 is 0 Å². The number of nitrogens with two attached hydrogens (primary N) is 1. The van der Waals surface area contributed by atoms with E-state index < -0.39 is 17.9 Å². The van der Waals surface area contributed by atoms with Crippen LogP contribution in [0.15, 0.2) is 23.0 Å². The number of fused-ring (bicyclic) bond motifs is 1. The molecule has 3 rings (SSSR count). The Kier molecular flexibility index (Phi) is 4.43. The average molecular weight is 344 g/mol. The quantitative estimate of drug-likeness (QED) is 0.776. The number of nitrogens with zero attached hydrogens (tertiary/aromatic N) is 2. The van der Waals surface area contributed by atoms with Gasteiger partial charge in [0.25, 0.3) is 11.5 Å². The zero-order chi connectivity index (χ0) is 18.1. The molecule has 0 saturated carbocycles. The summed E-state index contributed by atoms with van der Waals surface area (Å²) >= 11 is 0. The number of aryl methyl sites for hydroxylation is 1. The predicted octanol–water partition coefficient (Wildman–Crippen LogP) is 0.680. The second kappa shape index (κ2) is 6.54. The van der Waals surface area contributed by atoms with Gasteiger partial charge in [-0.1, -0.05) is 13.3 Å². The zero-order valence-corrected chi connectivity index (χ0v) is 13.9. The van der Waals surface area contributed by atoms with Crippen LogP contribution in [0.3, 0.4) is 0 Å². The minimum Gasteiger partial charge on any atom is -0.366 e. The number of hydrogen-bond acceptors (Lipinski definition) is 4. The molecule has 0 bridgehead atoms. The molecule has 1 saturated heterocycles. The first-order valence-electron chi connectivity index (χ1n) is 8.32. The van der Waals surface area contributed by atoms with Gasteiger partial charge in [0.15, 0.2) is 0 Å². The highest BCUT2D eigenvalue weighted by Crippen LogP contribution is 2.22. The lowest BCUT2D eigenvalue weighted by Crippen LogP contribution is -2.45. The molecule has 132 valence electrons. The summed E-state index contributed by atoms with van der Waals surface area (Å²) in [5, 5.41) is 2.71. The van der Waals surface area contributed by atoms with Crippen LogP contribution in [-0.2, 0) is 16.1 Å². The van der Waals surface area contributed by atoms with Crippen molar-refractivity contribution in [2.75, 3.05) is 0 Å². The van der Waals surface area contributed by atoms with Gasteiger partial charge in [-0.15, -0.1) is 0 Å². The molecule has 3 N–H and O–H groups in total. The van der Waals surface area contributed by atoms with Gasteiger partial charge in [-0.2, -0.15) is 0 Å². The first-order valence-corrected chi connectivity index (χ1v) is 8.32. The minimum atomic E-state index is -0.744. The van der Waals surface area contributed by atoms with Gasteiger partial charge in [0, 0.05) is 18.5 Å². The van der Waals surface area contributed by atoms with E-state index in [1.807, 2.05) is 6.92 Å². The Morgan fingerprint density at radius 3 is 2.72 bits per heavy atom. The maximum atomic E-state index is 12.9. The van der Waals surface area contributed by atoms with Crippen LogP contribution in [0.1, 0.15) is 49.0 Å². The number of imide groups is 1. The van der Waals surface area contributed by atoms with Crippen molar-refractivity contribution in [1.29, 1.82) is 0 Å². The SMILES string of the molecule is CCCCn1c2cc(C(N)=O)ccc2c(=O)n1C1CCC(=O)NC1=O. The smallest absolute Gasteiger partial charge is 0.275 e. The van der Waals surface area contributed by atoms with Gasteiger partial charge in [0.1, 0.15) is 6.04 Å². The number of benzene rings is 1. The Labute approximate surface area is 143 Å². The van der Waals surface area contributed by atoms with Crippen molar-refractivity contribution in [2.45, 2.75) is 45.2 Å². The van der Waals surface area contributed by atoms with E-state index in [1.54, 1.807) is 16.8 Å². The Balaban J connectivity index is 2.20. The number of piperidine rings is 1. The van der Waals surface area contributed by atoms with Crippen molar-refractivity contribution in [3.8, 4) is 0 Å². The van der Waals surface area contributed by atoms with Gasteiger partial charge < -0.3 is 5.73 Å². The van der Waals surface area contributed by atoms with Crippen LogP contribution >= 0.6 is 0 Å². The summed E-state index contributed by atoms with van der Waals surface area (Å²) in [6, 6.07) is 3.90. The Morgan fingerprint density at radius 2 is 2.08 bits per heavy atom. The van der Waals surface area contributed by atoms with Crippen molar-refractivity contribution in [2.24, 2.45) is 5.73 Å². The summed E-state index contributed by atoms with van der Waals surface area (Å²) in [4.78, 5) is 48.0. The van der Waals surface area contributed by atoms with Crippen LogP contribution < -0.4 is 16.6 Å². The minimum absolute atomic E-state index is 0.185. The summed E-state index contributed by atoms with van der Waals surface area (Å²) in [5.41, 5.74) is 5.91. The van der Waals surface area contributed by atoms with Crippen LogP contribution in [-0.4, -0.2) is 27.1 Å². The van der Waals surface area contributed by atoms with Crippen LogP contribution in [0.2, 0.25) is 0 Å². The highest BCUT2D eigenvalue weighted by atomic mass is 16.2. The molecule has 0 aliphatic carbocycles. The first-order chi connectivity index (χ1) is 11.9. The second-order valence-corrected chi connectivity index (χ2v) is 6.19. The molecule has 1 aliphatic heterocycles. The molecule has 8 nitrogen and oxygen atoms in total. The predicted molar refractivity (Wildman–Crippen MR) is 91.0 cm³/mol. The maximum absolute atomic E-state index is 12.9. The van der Waals surface area contributed by atoms with Crippen molar-refractivity contribution in [1.82, 2.24) is 14.7 Å². The van der Waals surface area contributed by atoms with Crippen LogP contribution in [0.5, 0.6) is 0 Å². The molecule has 1 aromatic carbocycles. The van der Waals surface area contributed by atoms with Gasteiger partial charge in [-0.25, -0.2) is 4.68 Å². The number of amides is 3. The van der Waals surface area contributed by atoms with Crippen molar-refractivity contribution >= 4 is 28.6 Å². The molecule has 0 spiro atoms. The third kappa shape index (κ3) is 2.95. The third-order valence-corrected chi connectivity index (χ3v) is 4.49. The monoisotopic (exact) mass is 344 g/mol. The highest BCUT2D eigenvalue weighted by molar-refractivity contribution is 6.00. The number of carbonyl (C=O) groups is 3. The number of hydrogen-bond donors (Lipinski definition) is 2. The van der Waals surface area contributed by atoms with E-state index in [0.717, 1.165) is 12.8 Å². The van der Waals surface area contributed by atoms with Crippen molar-refractivity contribution < 1.29 is 14.4 Å².